The molecule has 0 aromatic rings. The van der Waals surface area contributed by atoms with E-state index in [4.69, 9.17) is 4.74 Å². The summed E-state index contributed by atoms with van der Waals surface area (Å²) in [7, 11) is 1.70. The van der Waals surface area contributed by atoms with E-state index in [-0.39, 0.29) is 0 Å². The van der Waals surface area contributed by atoms with E-state index >= 15 is 0 Å². The topological polar surface area (TPSA) is 21.3 Å². The molecular weight excluding hydrogens is 138 g/mol. The van der Waals surface area contributed by atoms with Gasteiger partial charge in [0.2, 0.25) is 0 Å². The number of rotatable bonds is 6. The largest absolute Gasteiger partial charge is 0.381 e. The van der Waals surface area contributed by atoms with E-state index in [0.717, 1.165) is 19.0 Å². The third-order valence-corrected chi connectivity index (χ3v) is 1.24. The Balaban J connectivity index is 3.01. The molecule has 0 amide bonds. The zero-order valence-corrected chi connectivity index (χ0v) is 7.76. The summed E-state index contributed by atoms with van der Waals surface area (Å²) in [4.78, 5) is 0. The minimum absolute atomic E-state index is 0.712. The Bertz CT molecular complexity index is 99.7. The lowest BCUT2D eigenvalue weighted by Crippen LogP contribution is -2.19. The normalized spacial score (nSPS) is 11.6. The van der Waals surface area contributed by atoms with Gasteiger partial charge in [-0.05, 0) is 12.5 Å². The van der Waals surface area contributed by atoms with Gasteiger partial charge in [-0.25, -0.2) is 0 Å². The first-order valence-corrected chi connectivity index (χ1v) is 4.12. The Labute approximate surface area is 69.6 Å². The van der Waals surface area contributed by atoms with Crippen molar-refractivity contribution >= 4 is 0 Å². The molecule has 0 aromatic heterocycles. The average molecular weight is 157 g/mol. The Morgan fingerprint density at radius 3 is 2.64 bits per heavy atom. The van der Waals surface area contributed by atoms with Crippen molar-refractivity contribution in [3.63, 3.8) is 0 Å². The Hall–Kier alpha value is -0.340. The number of nitrogens with one attached hydrogen (secondary N) is 1. The van der Waals surface area contributed by atoms with Gasteiger partial charge in [0.25, 0.3) is 0 Å². The maximum Gasteiger partial charge on any atom is 0.0644 e. The summed E-state index contributed by atoms with van der Waals surface area (Å²) in [6, 6.07) is 0. The number of hydrogen-bond acceptors (Lipinski definition) is 2. The van der Waals surface area contributed by atoms with E-state index < -0.39 is 0 Å². The molecule has 0 unspecified atom stereocenters. The maximum absolute atomic E-state index is 4.85. The minimum atomic E-state index is 0.712. The molecule has 0 atom stereocenters. The van der Waals surface area contributed by atoms with Crippen molar-refractivity contribution in [2.45, 2.75) is 13.8 Å². The van der Waals surface area contributed by atoms with Gasteiger partial charge in [-0.3, -0.25) is 0 Å². The van der Waals surface area contributed by atoms with Crippen molar-refractivity contribution < 1.29 is 4.74 Å². The van der Waals surface area contributed by atoms with Crippen LogP contribution in [0.2, 0.25) is 0 Å². The predicted molar refractivity (Wildman–Crippen MR) is 48.7 cm³/mol. The minimum Gasteiger partial charge on any atom is -0.381 e. The van der Waals surface area contributed by atoms with E-state index in [1.807, 2.05) is 6.08 Å². The van der Waals surface area contributed by atoms with Crippen molar-refractivity contribution in [1.82, 2.24) is 5.32 Å². The van der Waals surface area contributed by atoms with Crippen LogP contribution in [0.5, 0.6) is 0 Å². The van der Waals surface area contributed by atoms with Crippen LogP contribution in [0, 0.1) is 5.92 Å². The van der Waals surface area contributed by atoms with Gasteiger partial charge in [-0.2, -0.15) is 0 Å². The highest BCUT2D eigenvalue weighted by atomic mass is 16.5. The zero-order chi connectivity index (χ0) is 8.53. The number of hydrogen-bond donors (Lipinski definition) is 1. The summed E-state index contributed by atoms with van der Waals surface area (Å²) in [6.07, 6.45) is 4.11. The molecule has 66 valence electrons. The van der Waals surface area contributed by atoms with E-state index in [9.17, 15) is 0 Å². The number of ether oxygens (including phenoxy) is 1. The molecule has 0 saturated heterocycles. The van der Waals surface area contributed by atoms with Crippen LogP contribution >= 0.6 is 0 Å². The van der Waals surface area contributed by atoms with Crippen LogP contribution in [0.25, 0.3) is 0 Å². The molecule has 0 aliphatic rings. The van der Waals surface area contributed by atoms with Crippen LogP contribution < -0.4 is 5.32 Å². The van der Waals surface area contributed by atoms with Gasteiger partial charge < -0.3 is 10.1 Å². The van der Waals surface area contributed by atoms with E-state index in [2.05, 4.69) is 25.2 Å². The monoisotopic (exact) mass is 157 g/mol. The van der Waals surface area contributed by atoms with Gasteiger partial charge in [0.15, 0.2) is 0 Å². The number of methoxy groups -OCH3 is 1. The second-order valence-corrected chi connectivity index (χ2v) is 2.98. The van der Waals surface area contributed by atoms with E-state index in [0.29, 0.717) is 6.61 Å². The van der Waals surface area contributed by atoms with Crippen LogP contribution in [0.1, 0.15) is 13.8 Å². The summed E-state index contributed by atoms with van der Waals surface area (Å²) >= 11 is 0. The highest BCUT2D eigenvalue weighted by molar-refractivity contribution is 4.83. The molecule has 0 aromatic carbocycles. The predicted octanol–water partition coefficient (Wildman–Crippen LogP) is 1.43. The van der Waals surface area contributed by atoms with Crippen molar-refractivity contribution in [1.29, 1.82) is 0 Å². The third-order valence-electron chi connectivity index (χ3n) is 1.24. The second kappa shape index (κ2) is 7.76. The molecule has 0 aliphatic heterocycles. The van der Waals surface area contributed by atoms with Gasteiger partial charge in [-0.15, -0.1) is 0 Å². The quantitative estimate of drug-likeness (QED) is 0.465. The summed E-state index contributed by atoms with van der Waals surface area (Å²) in [5.74, 6) is 0.728. The zero-order valence-electron chi connectivity index (χ0n) is 7.76. The molecular formula is C9H19NO. The molecule has 0 bridgehead atoms. The molecule has 0 spiro atoms. The van der Waals surface area contributed by atoms with Crippen molar-refractivity contribution in [2.24, 2.45) is 5.92 Å². The molecule has 0 radical (unpaired) electrons. The molecule has 0 heterocycles. The summed E-state index contributed by atoms with van der Waals surface area (Å²) < 4.78 is 4.85. The first-order valence-electron chi connectivity index (χ1n) is 4.12. The van der Waals surface area contributed by atoms with Crippen molar-refractivity contribution in [3.05, 3.63) is 12.2 Å². The fourth-order valence-electron chi connectivity index (χ4n) is 0.703. The fraction of sp³-hybridized carbons (Fsp3) is 0.778. The second-order valence-electron chi connectivity index (χ2n) is 2.98. The summed E-state index contributed by atoms with van der Waals surface area (Å²) in [5, 5.41) is 3.30. The van der Waals surface area contributed by atoms with Gasteiger partial charge >= 0.3 is 0 Å². The molecule has 0 aliphatic carbocycles. The third kappa shape index (κ3) is 9.66. The fourth-order valence-corrected chi connectivity index (χ4v) is 0.703. The molecule has 0 rings (SSSR count). The highest BCUT2D eigenvalue weighted by Crippen LogP contribution is 1.85. The summed E-state index contributed by atoms with van der Waals surface area (Å²) in [6.45, 7) is 7.14. The van der Waals surface area contributed by atoms with Crippen molar-refractivity contribution in [3.8, 4) is 0 Å². The van der Waals surface area contributed by atoms with Crippen molar-refractivity contribution in [2.75, 3.05) is 26.8 Å². The maximum atomic E-state index is 4.85. The standard InChI is InChI=1S/C9H19NO/c1-9(2)8-10-6-4-5-7-11-3/h4-5,9-10H,6-8H2,1-3H3/b5-4+. The van der Waals surface area contributed by atoms with Gasteiger partial charge in [-0.1, -0.05) is 26.0 Å². The first kappa shape index (κ1) is 10.7. The lowest BCUT2D eigenvalue weighted by atomic mass is 10.2. The Morgan fingerprint density at radius 1 is 1.36 bits per heavy atom. The van der Waals surface area contributed by atoms with Gasteiger partial charge in [0.1, 0.15) is 0 Å². The van der Waals surface area contributed by atoms with E-state index in [1.165, 1.54) is 0 Å². The average Bonchev–Trinajstić information content (AvgIpc) is 1.96. The van der Waals surface area contributed by atoms with E-state index in [1.54, 1.807) is 7.11 Å². The SMILES string of the molecule is COC/C=C/CNCC(C)C. The van der Waals surface area contributed by atoms with Crippen LogP contribution in [0.3, 0.4) is 0 Å². The highest BCUT2D eigenvalue weighted by Gasteiger charge is 1.88. The van der Waals surface area contributed by atoms with Crippen LogP contribution in [0.4, 0.5) is 0 Å². The summed E-state index contributed by atoms with van der Waals surface area (Å²) in [5.41, 5.74) is 0. The van der Waals surface area contributed by atoms with Crippen LogP contribution in [-0.2, 0) is 4.74 Å². The van der Waals surface area contributed by atoms with Gasteiger partial charge in [0, 0.05) is 13.7 Å². The molecule has 0 saturated carbocycles. The first-order chi connectivity index (χ1) is 5.27. The van der Waals surface area contributed by atoms with Crippen LogP contribution in [-0.4, -0.2) is 26.8 Å². The Morgan fingerprint density at radius 2 is 2.09 bits per heavy atom. The smallest absolute Gasteiger partial charge is 0.0644 e. The molecule has 11 heavy (non-hydrogen) atoms. The Kier molecular flexibility index (Phi) is 7.52. The van der Waals surface area contributed by atoms with Gasteiger partial charge in [0.05, 0.1) is 6.61 Å². The lowest BCUT2D eigenvalue weighted by Gasteiger charge is -2.03. The molecule has 2 heteroatoms. The lowest BCUT2D eigenvalue weighted by molar-refractivity contribution is 0.233. The molecule has 2 nitrogen and oxygen atoms in total. The van der Waals surface area contributed by atoms with Crippen LogP contribution in [0.15, 0.2) is 12.2 Å². The molecule has 0 fully saturated rings. The molecule has 1 N–H and O–H groups in total.